The fourth-order valence-corrected chi connectivity index (χ4v) is 1.05. The number of hydrogen-bond acceptors (Lipinski definition) is 3. The van der Waals surface area contributed by atoms with Crippen LogP contribution in [0.4, 0.5) is 5.82 Å². The van der Waals surface area contributed by atoms with E-state index in [1.54, 1.807) is 6.20 Å². The molecule has 0 bridgehead atoms. The number of anilines is 1. The van der Waals surface area contributed by atoms with Crippen molar-refractivity contribution in [2.75, 3.05) is 5.73 Å². The van der Waals surface area contributed by atoms with E-state index in [9.17, 15) is 0 Å². The lowest BCUT2D eigenvalue weighted by Gasteiger charge is -1.96. The average Bonchev–Trinajstić information content (AvgIpc) is 2.06. The van der Waals surface area contributed by atoms with E-state index >= 15 is 0 Å². The smallest absolute Gasteiger partial charge is 0.153 e. The predicted octanol–water partition coefficient (Wildman–Crippen LogP) is 1.63. The zero-order chi connectivity index (χ0) is 7.68. The number of hydrogen-bond donors (Lipinski definition) is 1. The third-order valence-electron chi connectivity index (χ3n) is 1.60. The van der Waals surface area contributed by atoms with Gasteiger partial charge in [-0.05, 0) is 0 Å². The molecule has 4 heteroatoms. The Balaban J connectivity index is 0.000000720. The van der Waals surface area contributed by atoms with Gasteiger partial charge in [0.05, 0.1) is 6.20 Å². The molecule has 0 aliphatic heterocycles. The first-order valence-electron chi connectivity index (χ1n) is 3.34. The van der Waals surface area contributed by atoms with Crippen molar-refractivity contribution in [3.8, 4) is 0 Å². The second-order valence-electron chi connectivity index (χ2n) is 2.32. The van der Waals surface area contributed by atoms with Gasteiger partial charge in [-0.15, -0.1) is 17.5 Å². The zero-order valence-corrected chi connectivity index (χ0v) is 7.08. The van der Waals surface area contributed by atoms with E-state index in [1.165, 1.54) is 0 Å². The van der Waals surface area contributed by atoms with Crippen LogP contribution in [0, 0.1) is 0 Å². The molecule has 0 atom stereocenters. The van der Waals surface area contributed by atoms with Gasteiger partial charge in [0.1, 0.15) is 0 Å². The molecule has 0 saturated heterocycles. The quantitative estimate of drug-likeness (QED) is 0.672. The van der Waals surface area contributed by atoms with Crippen molar-refractivity contribution in [1.82, 2.24) is 10.2 Å². The minimum Gasteiger partial charge on any atom is -0.382 e. The maximum atomic E-state index is 5.58. The Morgan fingerprint density at radius 3 is 2.67 bits per heavy atom. The first-order chi connectivity index (χ1) is 5.38. The van der Waals surface area contributed by atoms with Crippen molar-refractivity contribution in [2.24, 2.45) is 0 Å². The topological polar surface area (TPSA) is 51.8 Å². The second kappa shape index (κ2) is 3.36. The molecule has 0 aliphatic rings. The monoisotopic (exact) mass is 181 g/mol. The van der Waals surface area contributed by atoms with E-state index in [4.69, 9.17) is 5.73 Å². The van der Waals surface area contributed by atoms with Gasteiger partial charge in [-0.2, -0.15) is 5.10 Å². The Labute approximate surface area is 76.0 Å². The Kier molecular flexibility index (Phi) is 2.45. The van der Waals surface area contributed by atoms with Crippen LogP contribution in [-0.2, 0) is 0 Å². The summed E-state index contributed by atoms with van der Waals surface area (Å²) in [5, 5.41) is 9.46. The number of aromatic nitrogens is 2. The lowest BCUT2D eigenvalue weighted by Crippen LogP contribution is -1.92. The minimum absolute atomic E-state index is 0. The van der Waals surface area contributed by atoms with Crippen LogP contribution in [-0.4, -0.2) is 10.2 Å². The summed E-state index contributed by atoms with van der Waals surface area (Å²) < 4.78 is 0. The van der Waals surface area contributed by atoms with Crippen LogP contribution in [0.15, 0.2) is 30.5 Å². The maximum Gasteiger partial charge on any atom is 0.153 e. The minimum atomic E-state index is 0. The summed E-state index contributed by atoms with van der Waals surface area (Å²) in [6.07, 6.45) is 1.70. The molecule has 12 heavy (non-hydrogen) atoms. The molecule has 2 aromatic rings. The van der Waals surface area contributed by atoms with Gasteiger partial charge in [0, 0.05) is 10.8 Å². The van der Waals surface area contributed by atoms with E-state index in [0.29, 0.717) is 5.82 Å². The van der Waals surface area contributed by atoms with E-state index in [0.717, 1.165) is 10.8 Å². The van der Waals surface area contributed by atoms with Crippen molar-refractivity contribution in [1.29, 1.82) is 0 Å². The van der Waals surface area contributed by atoms with Gasteiger partial charge in [-0.25, -0.2) is 0 Å². The fraction of sp³-hybridized carbons (Fsp3) is 0. The van der Waals surface area contributed by atoms with E-state index in [-0.39, 0.29) is 12.4 Å². The van der Waals surface area contributed by atoms with E-state index in [1.807, 2.05) is 24.3 Å². The number of rotatable bonds is 0. The molecular formula is C8H8ClN3. The van der Waals surface area contributed by atoms with Crippen LogP contribution < -0.4 is 5.73 Å². The summed E-state index contributed by atoms with van der Waals surface area (Å²) in [7, 11) is 0. The van der Waals surface area contributed by atoms with Crippen molar-refractivity contribution < 1.29 is 0 Å². The first-order valence-corrected chi connectivity index (χ1v) is 3.34. The standard InChI is InChI=1S/C8H7N3.ClH/c9-8-7-4-2-1-3-6(7)5-10-11-8;/h1-5H,(H2,9,11);1H. The zero-order valence-electron chi connectivity index (χ0n) is 6.27. The number of fused-ring (bicyclic) bond motifs is 1. The lowest BCUT2D eigenvalue weighted by molar-refractivity contribution is 1.06. The molecule has 1 aromatic carbocycles. The second-order valence-corrected chi connectivity index (χ2v) is 2.32. The van der Waals surface area contributed by atoms with Gasteiger partial charge in [-0.3, -0.25) is 0 Å². The Hall–Kier alpha value is -1.35. The molecule has 2 rings (SSSR count). The summed E-state index contributed by atoms with van der Waals surface area (Å²) in [6.45, 7) is 0. The SMILES string of the molecule is Cl.Nc1nncc2ccccc12. The molecule has 1 heterocycles. The van der Waals surface area contributed by atoms with Gasteiger partial charge >= 0.3 is 0 Å². The fourth-order valence-electron chi connectivity index (χ4n) is 1.05. The van der Waals surface area contributed by atoms with Crippen LogP contribution in [0.25, 0.3) is 10.8 Å². The average molecular weight is 182 g/mol. The highest BCUT2D eigenvalue weighted by Gasteiger charge is 1.95. The van der Waals surface area contributed by atoms with E-state index in [2.05, 4.69) is 10.2 Å². The summed E-state index contributed by atoms with van der Waals surface area (Å²) in [5.41, 5.74) is 5.58. The van der Waals surface area contributed by atoms with Crippen molar-refractivity contribution in [3.05, 3.63) is 30.5 Å². The number of benzene rings is 1. The summed E-state index contributed by atoms with van der Waals surface area (Å²) >= 11 is 0. The summed E-state index contributed by atoms with van der Waals surface area (Å²) in [5.74, 6) is 0.489. The molecule has 0 saturated carbocycles. The molecule has 1 aromatic heterocycles. The molecule has 2 N–H and O–H groups in total. The summed E-state index contributed by atoms with van der Waals surface area (Å²) in [4.78, 5) is 0. The van der Waals surface area contributed by atoms with Gasteiger partial charge < -0.3 is 5.73 Å². The normalized spacial score (nSPS) is 9.33. The van der Waals surface area contributed by atoms with Crippen molar-refractivity contribution >= 4 is 29.0 Å². The van der Waals surface area contributed by atoms with Gasteiger partial charge in [0.15, 0.2) is 5.82 Å². The number of halogens is 1. The van der Waals surface area contributed by atoms with Gasteiger partial charge in [-0.1, -0.05) is 24.3 Å². The van der Waals surface area contributed by atoms with Crippen LogP contribution in [0.1, 0.15) is 0 Å². The molecule has 0 spiro atoms. The van der Waals surface area contributed by atoms with Crippen LogP contribution in [0.3, 0.4) is 0 Å². The first kappa shape index (κ1) is 8.74. The predicted molar refractivity (Wildman–Crippen MR) is 51.2 cm³/mol. The van der Waals surface area contributed by atoms with Gasteiger partial charge in [0.2, 0.25) is 0 Å². The third-order valence-corrected chi connectivity index (χ3v) is 1.60. The molecule has 0 fully saturated rings. The highest BCUT2D eigenvalue weighted by molar-refractivity contribution is 5.89. The van der Waals surface area contributed by atoms with Crippen LogP contribution in [0.5, 0.6) is 0 Å². The molecule has 62 valence electrons. The largest absolute Gasteiger partial charge is 0.382 e. The maximum absolute atomic E-state index is 5.58. The number of nitrogens with zero attached hydrogens (tertiary/aromatic N) is 2. The molecule has 3 nitrogen and oxygen atoms in total. The van der Waals surface area contributed by atoms with Crippen LogP contribution in [0.2, 0.25) is 0 Å². The molecule has 0 radical (unpaired) electrons. The molecular weight excluding hydrogens is 174 g/mol. The van der Waals surface area contributed by atoms with Gasteiger partial charge in [0.25, 0.3) is 0 Å². The van der Waals surface area contributed by atoms with E-state index < -0.39 is 0 Å². The van der Waals surface area contributed by atoms with Crippen molar-refractivity contribution in [2.45, 2.75) is 0 Å². The third kappa shape index (κ3) is 1.31. The molecule has 0 unspecified atom stereocenters. The molecule has 0 amide bonds. The number of nitrogen functional groups attached to an aromatic ring is 1. The lowest BCUT2D eigenvalue weighted by atomic mass is 10.2. The highest BCUT2D eigenvalue weighted by Crippen LogP contribution is 2.15. The number of nitrogens with two attached hydrogens (primary N) is 1. The van der Waals surface area contributed by atoms with Crippen LogP contribution >= 0.6 is 12.4 Å². The Morgan fingerprint density at radius 1 is 1.17 bits per heavy atom. The highest BCUT2D eigenvalue weighted by atomic mass is 35.5. The summed E-state index contributed by atoms with van der Waals surface area (Å²) in [6, 6.07) is 7.77. The van der Waals surface area contributed by atoms with Crippen molar-refractivity contribution in [3.63, 3.8) is 0 Å². The molecule has 0 aliphatic carbocycles. The Bertz CT molecular complexity index is 383. The Morgan fingerprint density at radius 2 is 1.92 bits per heavy atom.